The second-order valence-electron chi connectivity index (χ2n) is 7.36. The number of carbonyl (C=O) groups is 1. The number of nitrogen functional groups attached to an aromatic ring is 1. The first kappa shape index (κ1) is 24.2. The number of hydrogen-bond donors (Lipinski definition) is 2. The van der Waals surface area contributed by atoms with E-state index in [0.717, 1.165) is 0 Å². The summed E-state index contributed by atoms with van der Waals surface area (Å²) in [5, 5.41) is 4.56. The molecule has 11 heteroatoms. The van der Waals surface area contributed by atoms with E-state index in [4.69, 9.17) is 20.8 Å². The molecule has 2 aromatic carbocycles. The van der Waals surface area contributed by atoms with Crippen molar-refractivity contribution in [2.24, 2.45) is 5.84 Å². The van der Waals surface area contributed by atoms with Gasteiger partial charge in [0.05, 0.1) is 36.0 Å². The molecule has 1 aromatic heterocycles. The number of ether oxygens (including phenoxy) is 2. The number of anilines is 2. The Morgan fingerprint density at radius 3 is 2.64 bits per heavy atom. The number of hydrogen-bond acceptors (Lipinski definition) is 8. The molecule has 8 nitrogen and oxygen atoms in total. The molecule has 0 bridgehead atoms. The summed E-state index contributed by atoms with van der Waals surface area (Å²) in [6, 6.07) is 7.48. The number of nitrogens with zero attached hydrogens (tertiary/aromatic N) is 2. The van der Waals surface area contributed by atoms with Gasteiger partial charge in [-0.1, -0.05) is 18.5 Å². The van der Waals surface area contributed by atoms with Crippen LogP contribution in [0.4, 0.5) is 24.5 Å². The lowest BCUT2D eigenvalue weighted by atomic mass is 10.0. The molecule has 0 saturated carbocycles. The SMILES string of the molecule is CCCc1c(OCCCN(N)c2ccc(C(=O)OC)cc2N)ccc2c(C(F)(F)F)noc12. The first-order valence-electron chi connectivity index (χ1n) is 10.3. The highest BCUT2D eigenvalue weighted by molar-refractivity contribution is 5.92. The van der Waals surface area contributed by atoms with Crippen molar-refractivity contribution in [3.8, 4) is 5.75 Å². The van der Waals surface area contributed by atoms with E-state index in [1.165, 1.54) is 30.3 Å². The maximum Gasteiger partial charge on any atom is 0.437 e. The first-order chi connectivity index (χ1) is 15.7. The van der Waals surface area contributed by atoms with Crippen LogP contribution >= 0.6 is 0 Å². The van der Waals surface area contributed by atoms with Crippen LogP contribution in [-0.4, -0.2) is 31.4 Å². The Morgan fingerprint density at radius 2 is 2.00 bits per heavy atom. The molecule has 0 amide bonds. The van der Waals surface area contributed by atoms with Gasteiger partial charge in [-0.3, -0.25) is 0 Å². The van der Waals surface area contributed by atoms with Crippen molar-refractivity contribution >= 4 is 28.3 Å². The van der Waals surface area contributed by atoms with Gasteiger partial charge in [0.15, 0.2) is 11.3 Å². The number of carbonyl (C=O) groups excluding carboxylic acids is 1. The Morgan fingerprint density at radius 1 is 1.24 bits per heavy atom. The van der Waals surface area contributed by atoms with Crippen molar-refractivity contribution in [2.45, 2.75) is 32.4 Å². The molecule has 178 valence electrons. The van der Waals surface area contributed by atoms with Crippen molar-refractivity contribution in [3.63, 3.8) is 0 Å². The summed E-state index contributed by atoms with van der Waals surface area (Å²) in [6.45, 7) is 2.55. The van der Waals surface area contributed by atoms with Gasteiger partial charge >= 0.3 is 12.1 Å². The molecule has 0 spiro atoms. The summed E-state index contributed by atoms with van der Waals surface area (Å²) in [7, 11) is 1.28. The molecule has 3 aromatic rings. The maximum absolute atomic E-state index is 13.1. The van der Waals surface area contributed by atoms with Crippen LogP contribution in [0.25, 0.3) is 11.0 Å². The fraction of sp³-hybridized carbons (Fsp3) is 0.364. The zero-order valence-corrected chi connectivity index (χ0v) is 18.2. The Bertz CT molecular complexity index is 1130. The summed E-state index contributed by atoms with van der Waals surface area (Å²) in [5.41, 5.74) is 6.75. The molecule has 0 aliphatic heterocycles. The van der Waals surface area contributed by atoms with Crippen LogP contribution in [0.2, 0.25) is 0 Å². The number of alkyl halides is 3. The highest BCUT2D eigenvalue weighted by atomic mass is 19.4. The summed E-state index contributed by atoms with van der Waals surface area (Å²) < 4.78 is 54.9. The number of nitrogens with two attached hydrogens (primary N) is 2. The molecular weight excluding hydrogens is 441 g/mol. The average molecular weight is 466 g/mol. The van der Waals surface area contributed by atoms with Gasteiger partial charge in [-0.2, -0.15) is 13.2 Å². The van der Waals surface area contributed by atoms with E-state index in [1.807, 2.05) is 6.92 Å². The van der Waals surface area contributed by atoms with E-state index in [2.05, 4.69) is 9.89 Å². The summed E-state index contributed by atoms with van der Waals surface area (Å²) in [4.78, 5) is 11.6. The number of rotatable bonds is 9. The van der Waals surface area contributed by atoms with Gasteiger partial charge in [-0.05, 0) is 36.8 Å². The van der Waals surface area contributed by atoms with Gasteiger partial charge in [0, 0.05) is 18.5 Å². The standard InChI is InChI=1S/C22H25F3N4O4/c1-3-5-14-18(9-7-15-19(14)33-28-20(15)22(23,24)25)32-11-4-10-29(27)17-8-6-13(12-16(17)26)21(30)31-2/h6-9,12H,3-5,10-11,26-27H2,1-2H3. The highest BCUT2D eigenvalue weighted by Gasteiger charge is 2.37. The molecular formula is C22H25F3N4O4. The highest BCUT2D eigenvalue weighted by Crippen LogP contribution is 2.38. The topological polar surface area (TPSA) is 117 Å². The zero-order chi connectivity index (χ0) is 24.2. The van der Waals surface area contributed by atoms with E-state index < -0.39 is 17.8 Å². The Balaban J connectivity index is 1.66. The molecule has 0 saturated heterocycles. The minimum absolute atomic E-state index is 0.0839. The van der Waals surface area contributed by atoms with E-state index in [1.54, 1.807) is 12.1 Å². The third-order valence-electron chi connectivity index (χ3n) is 5.03. The van der Waals surface area contributed by atoms with Crippen molar-refractivity contribution in [2.75, 3.05) is 31.0 Å². The lowest BCUT2D eigenvalue weighted by molar-refractivity contribution is -0.141. The fourth-order valence-corrected chi connectivity index (χ4v) is 3.47. The number of aryl methyl sites for hydroxylation is 1. The predicted molar refractivity (Wildman–Crippen MR) is 117 cm³/mol. The number of fused-ring (bicyclic) bond motifs is 1. The van der Waals surface area contributed by atoms with Gasteiger partial charge in [0.25, 0.3) is 0 Å². The monoisotopic (exact) mass is 466 g/mol. The predicted octanol–water partition coefficient (Wildman–Crippen LogP) is 4.32. The summed E-state index contributed by atoms with van der Waals surface area (Å²) >= 11 is 0. The van der Waals surface area contributed by atoms with Crippen molar-refractivity contribution < 1.29 is 32.0 Å². The molecule has 0 fully saturated rings. The molecule has 0 radical (unpaired) electrons. The third kappa shape index (κ3) is 5.30. The van der Waals surface area contributed by atoms with Crippen LogP contribution in [0.5, 0.6) is 5.75 Å². The second kappa shape index (κ2) is 9.99. The molecule has 33 heavy (non-hydrogen) atoms. The number of methoxy groups -OCH3 is 1. The molecule has 0 atom stereocenters. The van der Waals surface area contributed by atoms with Gasteiger partial charge in [0.2, 0.25) is 0 Å². The van der Waals surface area contributed by atoms with E-state index >= 15 is 0 Å². The van der Waals surface area contributed by atoms with Crippen LogP contribution in [0.1, 0.15) is 41.4 Å². The second-order valence-corrected chi connectivity index (χ2v) is 7.36. The lowest BCUT2D eigenvalue weighted by Gasteiger charge is -2.21. The minimum Gasteiger partial charge on any atom is -0.493 e. The Kier molecular flexibility index (Phi) is 7.32. The van der Waals surface area contributed by atoms with Gasteiger partial charge in [-0.15, -0.1) is 0 Å². The summed E-state index contributed by atoms with van der Waals surface area (Å²) in [5.74, 6) is 6.02. The van der Waals surface area contributed by atoms with Gasteiger partial charge in [-0.25, -0.2) is 10.6 Å². The van der Waals surface area contributed by atoms with E-state index in [-0.39, 0.29) is 17.6 Å². The van der Waals surface area contributed by atoms with E-state index in [9.17, 15) is 18.0 Å². The number of halogens is 3. The number of esters is 1. The molecule has 0 unspecified atom stereocenters. The molecule has 4 N–H and O–H groups in total. The molecule has 3 rings (SSSR count). The van der Waals surface area contributed by atoms with Gasteiger partial charge < -0.3 is 24.7 Å². The Labute approximate surface area is 188 Å². The van der Waals surface area contributed by atoms with Crippen molar-refractivity contribution in [1.82, 2.24) is 5.16 Å². The molecule has 1 heterocycles. The van der Waals surface area contributed by atoms with Crippen LogP contribution < -0.4 is 21.3 Å². The Hall–Kier alpha value is -3.47. The van der Waals surface area contributed by atoms with Crippen molar-refractivity contribution in [3.05, 3.63) is 47.2 Å². The maximum atomic E-state index is 13.1. The quantitative estimate of drug-likeness (QED) is 0.157. The van der Waals surface area contributed by atoms with Gasteiger partial charge in [0.1, 0.15) is 5.75 Å². The largest absolute Gasteiger partial charge is 0.493 e. The average Bonchev–Trinajstić information content (AvgIpc) is 3.22. The van der Waals surface area contributed by atoms with Crippen LogP contribution in [-0.2, 0) is 17.3 Å². The molecule has 0 aliphatic rings. The normalized spacial score (nSPS) is 11.6. The number of aromatic nitrogens is 1. The lowest BCUT2D eigenvalue weighted by Crippen LogP contribution is -2.33. The van der Waals surface area contributed by atoms with Crippen molar-refractivity contribution in [1.29, 1.82) is 0 Å². The summed E-state index contributed by atoms with van der Waals surface area (Å²) in [6.07, 6.45) is -2.93. The zero-order valence-electron chi connectivity index (χ0n) is 18.2. The van der Waals surface area contributed by atoms with Crippen LogP contribution in [0, 0.1) is 0 Å². The van der Waals surface area contributed by atoms with Crippen LogP contribution in [0.3, 0.4) is 0 Å². The minimum atomic E-state index is -4.60. The van der Waals surface area contributed by atoms with E-state index in [0.29, 0.717) is 54.1 Å². The number of hydrazine groups is 1. The third-order valence-corrected chi connectivity index (χ3v) is 5.03. The fourth-order valence-electron chi connectivity index (χ4n) is 3.47. The number of benzene rings is 2. The smallest absolute Gasteiger partial charge is 0.437 e. The first-order valence-corrected chi connectivity index (χ1v) is 10.3. The van der Waals surface area contributed by atoms with Crippen LogP contribution in [0.15, 0.2) is 34.9 Å². The molecule has 0 aliphatic carbocycles.